The molecule has 0 saturated carbocycles. The van der Waals surface area contributed by atoms with Gasteiger partial charge in [-0.15, -0.1) is 0 Å². The molecule has 4 heteroatoms. The third-order valence-electron chi connectivity index (χ3n) is 2.04. The summed E-state index contributed by atoms with van der Waals surface area (Å²) in [6.45, 7) is 3.90. The van der Waals surface area contributed by atoms with E-state index in [0.717, 1.165) is 6.42 Å². The molecule has 0 amide bonds. The van der Waals surface area contributed by atoms with Crippen LogP contribution in [0.2, 0.25) is 0 Å². The number of aliphatic hydroxyl groups is 1. The fraction of sp³-hybridized carbons (Fsp3) is 0.889. The first-order chi connectivity index (χ1) is 6.19. The van der Waals surface area contributed by atoms with Gasteiger partial charge < -0.3 is 9.84 Å². The summed E-state index contributed by atoms with van der Waals surface area (Å²) in [4.78, 5) is 11.1. The van der Waals surface area contributed by atoms with Crippen LogP contribution in [0.3, 0.4) is 0 Å². The van der Waals surface area contributed by atoms with E-state index in [1.165, 1.54) is 7.11 Å². The lowest BCUT2D eigenvalue weighted by Crippen LogP contribution is -2.44. The van der Waals surface area contributed by atoms with Crippen molar-refractivity contribution in [2.24, 2.45) is 0 Å². The van der Waals surface area contributed by atoms with Crippen LogP contribution in [-0.4, -0.2) is 36.9 Å². The van der Waals surface area contributed by atoms with Crippen LogP contribution in [0.25, 0.3) is 0 Å². The normalized spacial score (nSPS) is 15.1. The summed E-state index contributed by atoms with van der Waals surface area (Å²) in [5.41, 5.74) is 0. The number of carbonyl (C=O) groups excluding carboxylic acids is 1. The molecule has 0 aromatic heterocycles. The number of ether oxygens (including phenoxy) is 1. The first-order valence-electron chi connectivity index (χ1n) is 4.64. The zero-order chi connectivity index (χ0) is 10.3. The van der Waals surface area contributed by atoms with E-state index in [9.17, 15) is 4.79 Å². The summed E-state index contributed by atoms with van der Waals surface area (Å²) >= 11 is 0. The van der Waals surface area contributed by atoms with Gasteiger partial charge in [-0.3, -0.25) is 10.1 Å². The number of rotatable bonds is 6. The van der Waals surface area contributed by atoms with Crippen molar-refractivity contribution in [3.05, 3.63) is 0 Å². The van der Waals surface area contributed by atoms with E-state index in [-0.39, 0.29) is 24.7 Å². The summed E-state index contributed by atoms with van der Waals surface area (Å²) in [5.74, 6) is -0.269. The Balaban J connectivity index is 4.02. The molecule has 0 aliphatic heterocycles. The van der Waals surface area contributed by atoms with E-state index in [1.54, 1.807) is 0 Å². The molecule has 0 aliphatic carbocycles. The maximum absolute atomic E-state index is 11.1. The Morgan fingerprint density at radius 3 is 2.38 bits per heavy atom. The molecule has 4 nitrogen and oxygen atoms in total. The largest absolute Gasteiger partial charge is 0.468 e. The molecule has 0 fully saturated rings. The minimum absolute atomic E-state index is 0.0240. The van der Waals surface area contributed by atoms with Crippen LogP contribution in [-0.2, 0) is 9.53 Å². The summed E-state index contributed by atoms with van der Waals surface area (Å²) in [5, 5.41) is 11.9. The molecule has 2 N–H and O–H groups in total. The number of hydrogen-bond donors (Lipinski definition) is 2. The standard InChI is InChI=1S/C9H19NO3/c1-4-7(6-11)10-8(5-2)9(12)13-3/h7-8,10-11H,4-6H2,1-3H3/t7-,8?/m0/s1. The van der Waals surface area contributed by atoms with Gasteiger partial charge in [-0.2, -0.15) is 0 Å². The predicted molar refractivity (Wildman–Crippen MR) is 50.4 cm³/mol. The van der Waals surface area contributed by atoms with Gasteiger partial charge in [0, 0.05) is 6.04 Å². The van der Waals surface area contributed by atoms with Crippen LogP contribution >= 0.6 is 0 Å². The zero-order valence-electron chi connectivity index (χ0n) is 8.54. The van der Waals surface area contributed by atoms with Crippen LogP contribution in [0.15, 0.2) is 0 Å². The molecule has 0 heterocycles. The fourth-order valence-electron chi connectivity index (χ4n) is 1.08. The molecule has 0 bridgehead atoms. The molecular weight excluding hydrogens is 170 g/mol. The monoisotopic (exact) mass is 189 g/mol. The summed E-state index contributed by atoms with van der Waals surface area (Å²) in [7, 11) is 1.37. The molecule has 1 unspecified atom stereocenters. The van der Waals surface area contributed by atoms with Crippen LogP contribution in [0.5, 0.6) is 0 Å². The molecule has 0 radical (unpaired) electrons. The molecule has 0 aliphatic rings. The van der Waals surface area contributed by atoms with Gasteiger partial charge in [0.05, 0.1) is 13.7 Å². The van der Waals surface area contributed by atoms with E-state index in [1.807, 2.05) is 13.8 Å². The number of aliphatic hydroxyl groups excluding tert-OH is 1. The third-order valence-corrected chi connectivity index (χ3v) is 2.04. The maximum Gasteiger partial charge on any atom is 0.322 e. The lowest BCUT2D eigenvalue weighted by molar-refractivity contribution is -0.143. The van der Waals surface area contributed by atoms with Crippen molar-refractivity contribution in [2.75, 3.05) is 13.7 Å². The van der Waals surface area contributed by atoms with Gasteiger partial charge in [-0.1, -0.05) is 13.8 Å². The van der Waals surface area contributed by atoms with Gasteiger partial charge in [0.15, 0.2) is 0 Å². The maximum atomic E-state index is 11.1. The molecule has 0 rings (SSSR count). The molecule has 13 heavy (non-hydrogen) atoms. The second-order valence-corrected chi connectivity index (χ2v) is 2.94. The van der Waals surface area contributed by atoms with Crippen LogP contribution < -0.4 is 5.32 Å². The SMILES string of the molecule is CCC(N[C@@H](CC)CO)C(=O)OC. The molecular formula is C9H19NO3. The van der Waals surface area contributed by atoms with E-state index < -0.39 is 0 Å². The summed E-state index contributed by atoms with van der Waals surface area (Å²) in [6.07, 6.45) is 1.47. The van der Waals surface area contributed by atoms with E-state index in [4.69, 9.17) is 5.11 Å². The van der Waals surface area contributed by atoms with Crippen molar-refractivity contribution in [3.8, 4) is 0 Å². The lowest BCUT2D eigenvalue weighted by Gasteiger charge is -2.20. The first kappa shape index (κ1) is 12.4. The second kappa shape index (κ2) is 6.86. The quantitative estimate of drug-likeness (QED) is 0.590. The highest BCUT2D eigenvalue weighted by atomic mass is 16.5. The van der Waals surface area contributed by atoms with Gasteiger partial charge >= 0.3 is 5.97 Å². The smallest absolute Gasteiger partial charge is 0.322 e. The highest BCUT2D eigenvalue weighted by Gasteiger charge is 2.19. The molecule has 0 aromatic rings. The van der Waals surface area contributed by atoms with Gasteiger partial charge in [0.1, 0.15) is 6.04 Å². The van der Waals surface area contributed by atoms with Crippen LogP contribution in [0.4, 0.5) is 0 Å². The Labute approximate surface area is 79.3 Å². The number of carbonyl (C=O) groups is 1. The van der Waals surface area contributed by atoms with E-state index in [0.29, 0.717) is 6.42 Å². The van der Waals surface area contributed by atoms with Gasteiger partial charge in [0.25, 0.3) is 0 Å². The molecule has 0 spiro atoms. The first-order valence-corrected chi connectivity index (χ1v) is 4.64. The average Bonchev–Trinajstić information content (AvgIpc) is 2.19. The van der Waals surface area contributed by atoms with E-state index >= 15 is 0 Å². The Bertz CT molecular complexity index is 146. The second-order valence-electron chi connectivity index (χ2n) is 2.94. The molecule has 2 atom stereocenters. The minimum Gasteiger partial charge on any atom is -0.468 e. The van der Waals surface area contributed by atoms with Gasteiger partial charge in [0.2, 0.25) is 0 Å². The fourth-order valence-corrected chi connectivity index (χ4v) is 1.08. The number of methoxy groups -OCH3 is 1. The number of hydrogen-bond acceptors (Lipinski definition) is 4. The molecule has 0 aromatic carbocycles. The number of nitrogens with one attached hydrogen (secondary N) is 1. The Morgan fingerprint density at radius 1 is 1.46 bits per heavy atom. The molecule has 0 saturated heterocycles. The van der Waals surface area contributed by atoms with Crippen LogP contribution in [0.1, 0.15) is 26.7 Å². The van der Waals surface area contributed by atoms with Crippen molar-refractivity contribution < 1.29 is 14.6 Å². The van der Waals surface area contributed by atoms with E-state index in [2.05, 4.69) is 10.1 Å². The minimum atomic E-state index is -0.304. The predicted octanol–water partition coefficient (Wildman–Crippen LogP) is 0.298. The lowest BCUT2D eigenvalue weighted by atomic mass is 10.1. The Hall–Kier alpha value is -0.610. The highest BCUT2D eigenvalue weighted by molar-refractivity contribution is 5.75. The third kappa shape index (κ3) is 4.24. The summed E-state index contributed by atoms with van der Waals surface area (Å²) < 4.78 is 4.61. The van der Waals surface area contributed by atoms with Crippen molar-refractivity contribution in [1.29, 1.82) is 0 Å². The average molecular weight is 189 g/mol. The Morgan fingerprint density at radius 2 is 2.08 bits per heavy atom. The summed E-state index contributed by atoms with van der Waals surface area (Å²) in [6, 6.07) is -0.328. The van der Waals surface area contributed by atoms with Gasteiger partial charge in [-0.25, -0.2) is 0 Å². The van der Waals surface area contributed by atoms with Gasteiger partial charge in [-0.05, 0) is 12.8 Å². The van der Waals surface area contributed by atoms with Crippen molar-refractivity contribution >= 4 is 5.97 Å². The highest BCUT2D eigenvalue weighted by Crippen LogP contribution is 1.98. The number of esters is 1. The van der Waals surface area contributed by atoms with Crippen molar-refractivity contribution in [3.63, 3.8) is 0 Å². The van der Waals surface area contributed by atoms with Crippen LogP contribution in [0, 0.1) is 0 Å². The molecule has 78 valence electrons. The van der Waals surface area contributed by atoms with Crippen molar-refractivity contribution in [2.45, 2.75) is 38.8 Å². The topological polar surface area (TPSA) is 58.6 Å². The zero-order valence-corrected chi connectivity index (χ0v) is 8.54. The van der Waals surface area contributed by atoms with Crippen molar-refractivity contribution in [1.82, 2.24) is 5.32 Å². The Kier molecular flexibility index (Phi) is 6.54.